The van der Waals surface area contributed by atoms with Gasteiger partial charge in [0.1, 0.15) is 0 Å². The minimum atomic E-state index is -4.63. The van der Waals surface area contributed by atoms with Crippen LogP contribution in [0.5, 0.6) is 0 Å². The van der Waals surface area contributed by atoms with Gasteiger partial charge in [0, 0.05) is 5.02 Å². The van der Waals surface area contributed by atoms with Crippen LogP contribution < -0.4 is 20.0 Å². The quantitative estimate of drug-likeness (QED) is 0.419. The van der Waals surface area contributed by atoms with Crippen molar-refractivity contribution in [2.24, 2.45) is 0 Å². The van der Waals surface area contributed by atoms with Gasteiger partial charge in [-0.15, -0.1) is 7.94 Å². The number of halogens is 1. The van der Waals surface area contributed by atoms with Gasteiger partial charge in [-0.05, 0) is 18.2 Å². The molecule has 60 valence electrons. The minimum Gasteiger partial charge on any atom is -0.683 e. The van der Waals surface area contributed by atoms with E-state index in [1.807, 2.05) is 0 Å². The van der Waals surface area contributed by atoms with Crippen LogP contribution in [0.3, 0.4) is 0 Å². The van der Waals surface area contributed by atoms with Crippen molar-refractivity contribution in [3.63, 3.8) is 0 Å². The first kappa shape index (κ1) is 12.6. The van der Waals surface area contributed by atoms with Gasteiger partial charge in [-0.2, -0.15) is 0 Å². The Morgan fingerprint density at radius 3 is 2.08 bits per heavy atom. The molecule has 3 nitrogen and oxygen atoms in total. The zero-order valence-electron chi connectivity index (χ0n) is 6.07. The zero-order chi connectivity index (χ0) is 8.48. The van der Waals surface area contributed by atoms with Gasteiger partial charge in [0.25, 0.3) is 0 Å². The van der Waals surface area contributed by atoms with Crippen LogP contribution in [0.4, 0.5) is 0 Å². The van der Waals surface area contributed by atoms with E-state index in [1.54, 1.807) is 0 Å². The molecule has 0 radical (unpaired) electrons. The van der Waals surface area contributed by atoms with Gasteiger partial charge >= 0.3 is 23.1 Å². The molecule has 0 aliphatic heterocycles. The monoisotopic (exact) mass is 214 g/mol. The van der Waals surface area contributed by atoms with Gasteiger partial charge in [0.05, 0.1) is 5.30 Å². The average Bonchev–Trinajstić information content (AvgIpc) is 1.86. The minimum absolute atomic E-state index is 0. The van der Waals surface area contributed by atoms with Crippen molar-refractivity contribution in [3.8, 4) is 0 Å². The molecule has 1 aromatic rings. The molecule has 12 heavy (non-hydrogen) atoms. The maximum Gasteiger partial charge on any atom is 2.00 e. The van der Waals surface area contributed by atoms with E-state index in [4.69, 9.17) is 11.6 Å². The van der Waals surface area contributed by atoms with Gasteiger partial charge in [0.2, 0.25) is 0 Å². The molecule has 0 fully saturated rings. The van der Waals surface area contributed by atoms with Crippen molar-refractivity contribution in [1.29, 1.82) is 0 Å². The fourth-order valence-corrected chi connectivity index (χ4v) is 1.48. The van der Waals surface area contributed by atoms with Crippen LogP contribution in [0.15, 0.2) is 24.3 Å². The maximum absolute atomic E-state index is 10.4. The summed E-state index contributed by atoms with van der Waals surface area (Å²) >= 11 is 5.45. The molecule has 0 N–H and O–H groups in total. The van der Waals surface area contributed by atoms with E-state index in [-0.39, 0.29) is 33.4 Å². The Hall–Kier alpha value is 0.586. The molecule has 0 heterocycles. The third kappa shape index (κ3) is 3.54. The fraction of sp³-hybridized carbons (Fsp3) is 0. The molecule has 0 aliphatic rings. The van der Waals surface area contributed by atoms with Crippen molar-refractivity contribution in [3.05, 3.63) is 29.3 Å². The Morgan fingerprint density at radius 2 is 1.75 bits per heavy atom. The topological polar surface area (TPSA) is 69.2 Å². The Balaban J connectivity index is 0.00000121. The van der Waals surface area contributed by atoms with Gasteiger partial charge in [-0.3, -0.25) is 0 Å². The molecule has 0 aliphatic carbocycles. The molecule has 0 spiro atoms. The van der Waals surface area contributed by atoms with Crippen molar-refractivity contribution in [2.75, 3.05) is 0 Å². The van der Waals surface area contributed by atoms with E-state index < -0.39 is 7.94 Å². The Bertz CT molecular complexity index is 263. The summed E-state index contributed by atoms with van der Waals surface area (Å²) in [5.74, 6) is 0. The molecule has 6 heteroatoms. The summed E-state index contributed by atoms with van der Waals surface area (Å²) in [6.45, 7) is 0. The molecule has 0 saturated heterocycles. The van der Waals surface area contributed by atoms with E-state index in [0.29, 0.717) is 0 Å². The SMILES string of the molecule is [Mg+2].[O-][P+]([O-])([O-])c1cccc(Cl)c1. The van der Waals surface area contributed by atoms with Gasteiger partial charge in [0.15, 0.2) is 0 Å². The maximum atomic E-state index is 10.4. The first-order chi connectivity index (χ1) is 5.00. The van der Waals surface area contributed by atoms with E-state index in [9.17, 15) is 14.7 Å². The van der Waals surface area contributed by atoms with Crippen LogP contribution in [0.25, 0.3) is 0 Å². The number of rotatable bonds is 1. The Kier molecular flexibility index (Phi) is 4.95. The van der Waals surface area contributed by atoms with Crippen molar-refractivity contribution in [2.45, 2.75) is 0 Å². The zero-order valence-corrected chi connectivity index (χ0v) is 9.13. The summed E-state index contributed by atoms with van der Waals surface area (Å²) in [5.41, 5.74) is 0. The number of benzene rings is 1. The molecule has 1 aromatic carbocycles. The summed E-state index contributed by atoms with van der Waals surface area (Å²) in [4.78, 5) is 31.2. The first-order valence-electron chi connectivity index (χ1n) is 2.78. The Labute approximate surface area is 91.7 Å². The smallest absolute Gasteiger partial charge is 0.683 e. The molecule has 0 saturated carbocycles. The molecule has 0 atom stereocenters. The molecular weight excluding hydrogens is 211 g/mol. The van der Waals surface area contributed by atoms with E-state index in [0.717, 1.165) is 6.07 Å². The predicted octanol–water partition coefficient (Wildman–Crippen LogP) is -1.57. The van der Waals surface area contributed by atoms with Gasteiger partial charge in [-0.1, -0.05) is 17.7 Å². The number of hydrogen-bond donors (Lipinski definition) is 0. The summed E-state index contributed by atoms with van der Waals surface area (Å²) < 4.78 is 0. The van der Waals surface area contributed by atoms with Crippen LogP contribution in [0.2, 0.25) is 5.02 Å². The van der Waals surface area contributed by atoms with Crippen LogP contribution in [0.1, 0.15) is 0 Å². The van der Waals surface area contributed by atoms with Gasteiger partial charge in [-0.25, -0.2) is 0 Å². The largest absolute Gasteiger partial charge is 2.00 e. The average molecular weight is 215 g/mol. The second-order valence-corrected chi connectivity index (χ2v) is 3.93. The van der Waals surface area contributed by atoms with Crippen molar-refractivity contribution < 1.29 is 14.7 Å². The second kappa shape index (κ2) is 4.72. The molecule has 0 aromatic heterocycles. The third-order valence-electron chi connectivity index (χ3n) is 1.12. The summed E-state index contributed by atoms with van der Waals surface area (Å²) in [7, 11) is -4.63. The molecule has 0 amide bonds. The molecule has 0 unspecified atom stereocenters. The van der Waals surface area contributed by atoms with Crippen molar-refractivity contribution >= 4 is 47.9 Å². The Morgan fingerprint density at radius 1 is 1.17 bits per heavy atom. The van der Waals surface area contributed by atoms with Crippen molar-refractivity contribution in [1.82, 2.24) is 0 Å². The first-order valence-corrected chi connectivity index (χ1v) is 4.70. The molecule has 0 bridgehead atoms. The molecular formula is C6H4ClMgO3P. The fourth-order valence-electron chi connectivity index (χ4n) is 0.646. The summed E-state index contributed by atoms with van der Waals surface area (Å²) in [5, 5.41) is -0.0283. The van der Waals surface area contributed by atoms with Crippen LogP contribution in [0, 0.1) is 0 Å². The van der Waals surface area contributed by atoms with E-state index in [1.165, 1.54) is 18.2 Å². The van der Waals surface area contributed by atoms with Crippen LogP contribution in [-0.2, 0) is 0 Å². The predicted molar refractivity (Wildman–Crippen MR) is 43.8 cm³/mol. The summed E-state index contributed by atoms with van der Waals surface area (Å²) in [6, 6.07) is 5.26. The second-order valence-electron chi connectivity index (χ2n) is 1.98. The van der Waals surface area contributed by atoms with E-state index in [2.05, 4.69) is 0 Å². The van der Waals surface area contributed by atoms with Crippen LogP contribution in [-0.4, -0.2) is 23.1 Å². The summed E-state index contributed by atoms with van der Waals surface area (Å²) in [6.07, 6.45) is 0. The van der Waals surface area contributed by atoms with E-state index >= 15 is 0 Å². The molecule has 1 rings (SSSR count). The third-order valence-corrected chi connectivity index (χ3v) is 2.27. The van der Waals surface area contributed by atoms with Gasteiger partial charge < -0.3 is 14.7 Å². The normalized spacial score (nSPS) is 10.7. The number of hydrogen-bond acceptors (Lipinski definition) is 3. The standard InChI is InChI=1S/C6H6ClO3P.Mg/c7-5-2-1-3-6(4-5)11(8,9)10;/h1-4H,(H2,8,9,10);/q;+2/p-2. The van der Waals surface area contributed by atoms with Crippen LogP contribution >= 0.6 is 19.5 Å².